The van der Waals surface area contributed by atoms with E-state index in [1.165, 1.54) is 18.2 Å². The zero-order chi connectivity index (χ0) is 16.1. The minimum Gasteiger partial charge on any atom is -0.334 e. The Labute approximate surface area is 137 Å². The van der Waals surface area contributed by atoms with Crippen LogP contribution in [0.15, 0.2) is 30.3 Å². The number of aromatic amines is 1. The van der Waals surface area contributed by atoms with Crippen LogP contribution in [-0.2, 0) is 6.18 Å². The van der Waals surface area contributed by atoms with E-state index in [0.29, 0.717) is 21.2 Å². The molecule has 0 radical (unpaired) electrons. The highest BCUT2D eigenvalue weighted by atomic mass is 35.5. The zero-order valence-corrected chi connectivity index (χ0v) is 12.9. The first kappa shape index (κ1) is 15.5. The molecule has 0 unspecified atom stereocenters. The number of hydrogen-bond acceptors (Lipinski definition) is 1. The van der Waals surface area contributed by atoms with Crippen LogP contribution in [0.1, 0.15) is 5.82 Å². The van der Waals surface area contributed by atoms with E-state index < -0.39 is 12.0 Å². The lowest BCUT2D eigenvalue weighted by Crippen LogP contribution is -2.06. The van der Waals surface area contributed by atoms with Crippen LogP contribution in [0.2, 0.25) is 15.1 Å². The SMILES string of the molecule is FC(F)(F)c1nc2cc(-c3ccc(Cl)cc3Cl)c(Cl)cc2[nH]1. The van der Waals surface area contributed by atoms with E-state index in [1.54, 1.807) is 12.1 Å². The molecule has 0 fully saturated rings. The molecule has 0 aliphatic rings. The second kappa shape index (κ2) is 5.33. The predicted molar refractivity (Wildman–Crippen MR) is 81.6 cm³/mol. The fraction of sp³-hybridized carbons (Fsp3) is 0.0714. The van der Waals surface area contributed by atoms with Crippen LogP contribution in [0, 0.1) is 0 Å². The monoisotopic (exact) mass is 364 g/mol. The molecule has 3 rings (SSSR count). The van der Waals surface area contributed by atoms with Crippen LogP contribution in [0.5, 0.6) is 0 Å². The number of imidazole rings is 1. The number of H-pyrrole nitrogens is 1. The summed E-state index contributed by atoms with van der Waals surface area (Å²) in [6.07, 6.45) is -4.55. The van der Waals surface area contributed by atoms with Gasteiger partial charge >= 0.3 is 6.18 Å². The standard InChI is InChI=1S/C14H6Cl3F3N2/c15-6-1-2-7(9(16)3-6)8-4-11-12(5-10(8)17)22-13(21-11)14(18,19)20/h1-5H,(H,21,22). The molecule has 114 valence electrons. The molecule has 0 spiro atoms. The first-order valence-corrected chi connectivity index (χ1v) is 7.11. The molecule has 0 amide bonds. The third-order valence-corrected chi connectivity index (χ3v) is 3.92. The number of halogens is 6. The molecule has 0 saturated heterocycles. The van der Waals surface area contributed by atoms with E-state index in [0.717, 1.165) is 0 Å². The average molecular weight is 366 g/mol. The second-order valence-corrected chi connectivity index (χ2v) is 5.81. The smallest absolute Gasteiger partial charge is 0.334 e. The lowest BCUT2D eigenvalue weighted by molar-refractivity contribution is -0.144. The molecule has 3 aromatic rings. The third-order valence-electron chi connectivity index (χ3n) is 3.06. The van der Waals surface area contributed by atoms with E-state index >= 15 is 0 Å². The summed E-state index contributed by atoms with van der Waals surface area (Å²) in [7, 11) is 0. The Kier molecular flexibility index (Phi) is 3.75. The first-order chi connectivity index (χ1) is 10.3. The summed E-state index contributed by atoms with van der Waals surface area (Å²) in [6.45, 7) is 0. The number of hydrogen-bond donors (Lipinski definition) is 1. The van der Waals surface area contributed by atoms with E-state index in [-0.39, 0.29) is 16.1 Å². The van der Waals surface area contributed by atoms with Crippen molar-refractivity contribution in [2.45, 2.75) is 6.18 Å². The molecule has 0 aliphatic heterocycles. The number of aromatic nitrogens is 2. The van der Waals surface area contributed by atoms with Gasteiger partial charge < -0.3 is 4.98 Å². The Hall–Kier alpha value is -1.43. The van der Waals surface area contributed by atoms with E-state index in [9.17, 15) is 13.2 Å². The maximum absolute atomic E-state index is 12.7. The molecule has 1 N–H and O–H groups in total. The molecule has 22 heavy (non-hydrogen) atoms. The highest BCUT2D eigenvalue weighted by Crippen LogP contribution is 2.37. The average Bonchev–Trinajstić information content (AvgIpc) is 2.81. The molecule has 0 atom stereocenters. The summed E-state index contributed by atoms with van der Waals surface area (Å²) >= 11 is 18.1. The summed E-state index contributed by atoms with van der Waals surface area (Å²) in [5.74, 6) is -1.07. The van der Waals surface area contributed by atoms with Gasteiger partial charge in [-0.05, 0) is 24.3 Å². The van der Waals surface area contributed by atoms with Gasteiger partial charge in [0.1, 0.15) is 0 Å². The molecule has 2 nitrogen and oxygen atoms in total. The zero-order valence-electron chi connectivity index (χ0n) is 10.6. The van der Waals surface area contributed by atoms with Crippen molar-refractivity contribution in [1.29, 1.82) is 0 Å². The van der Waals surface area contributed by atoms with Gasteiger partial charge in [-0.1, -0.05) is 40.9 Å². The van der Waals surface area contributed by atoms with Crippen LogP contribution < -0.4 is 0 Å². The minimum atomic E-state index is -4.55. The topological polar surface area (TPSA) is 28.7 Å². The van der Waals surface area contributed by atoms with Gasteiger partial charge in [0.25, 0.3) is 0 Å². The van der Waals surface area contributed by atoms with Gasteiger partial charge in [0.05, 0.1) is 16.1 Å². The van der Waals surface area contributed by atoms with Gasteiger partial charge in [-0.25, -0.2) is 4.98 Å². The summed E-state index contributed by atoms with van der Waals surface area (Å²) in [5, 5.41) is 1.06. The lowest BCUT2D eigenvalue weighted by atomic mass is 10.0. The fourth-order valence-corrected chi connectivity index (χ4v) is 2.85. The Balaban J connectivity index is 2.20. The Morgan fingerprint density at radius 2 is 1.59 bits per heavy atom. The number of rotatable bonds is 1. The van der Waals surface area contributed by atoms with Crippen LogP contribution in [-0.4, -0.2) is 9.97 Å². The number of nitrogens with zero attached hydrogens (tertiary/aromatic N) is 1. The van der Waals surface area contributed by atoms with Gasteiger partial charge in [0, 0.05) is 21.2 Å². The predicted octanol–water partition coefficient (Wildman–Crippen LogP) is 6.21. The molecule has 0 aliphatic carbocycles. The van der Waals surface area contributed by atoms with Crippen LogP contribution in [0.3, 0.4) is 0 Å². The Morgan fingerprint density at radius 3 is 2.23 bits per heavy atom. The molecule has 1 heterocycles. The highest BCUT2D eigenvalue weighted by molar-refractivity contribution is 6.38. The summed E-state index contributed by atoms with van der Waals surface area (Å²) < 4.78 is 38.1. The lowest BCUT2D eigenvalue weighted by Gasteiger charge is -2.07. The summed E-state index contributed by atoms with van der Waals surface area (Å²) in [6, 6.07) is 7.65. The second-order valence-electron chi connectivity index (χ2n) is 4.56. The highest BCUT2D eigenvalue weighted by Gasteiger charge is 2.34. The molecular formula is C14H6Cl3F3N2. The van der Waals surface area contributed by atoms with E-state index in [1.807, 2.05) is 0 Å². The Bertz CT molecular complexity index is 872. The van der Waals surface area contributed by atoms with Crippen molar-refractivity contribution >= 4 is 45.8 Å². The maximum Gasteiger partial charge on any atom is 0.449 e. The van der Waals surface area contributed by atoms with Gasteiger partial charge in [0.15, 0.2) is 0 Å². The molecule has 0 bridgehead atoms. The maximum atomic E-state index is 12.7. The van der Waals surface area contributed by atoms with Gasteiger partial charge in [-0.15, -0.1) is 0 Å². The molecule has 0 saturated carbocycles. The third kappa shape index (κ3) is 2.76. The van der Waals surface area contributed by atoms with Crippen LogP contribution in [0.25, 0.3) is 22.2 Å². The minimum absolute atomic E-state index is 0.151. The normalized spacial score (nSPS) is 12.1. The van der Waals surface area contributed by atoms with Crippen LogP contribution >= 0.6 is 34.8 Å². The first-order valence-electron chi connectivity index (χ1n) is 5.97. The van der Waals surface area contributed by atoms with E-state index in [2.05, 4.69) is 9.97 Å². The van der Waals surface area contributed by atoms with Crippen molar-refractivity contribution in [3.05, 3.63) is 51.2 Å². The number of alkyl halides is 3. The van der Waals surface area contributed by atoms with Crippen molar-refractivity contribution in [3.63, 3.8) is 0 Å². The van der Waals surface area contributed by atoms with E-state index in [4.69, 9.17) is 34.8 Å². The molecule has 8 heteroatoms. The van der Waals surface area contributed by atoms with Crippen molar-refractivity contribution in [2.75, 3.05) is 0 Å². The fourth-order valence-electron chi connectivity index (χ4n) is 2.08. The van der Waals surface area contributed by atoms with Gasteiger partial charge in [0.2, 0.25) is 5.82 Å². The van der Waals surface area contributed by atoms with Crippen LogP contribution in [0.4, 0.5) is 13.2 Å². The largest absolute Gasteiger partial charge is 0.449 e. The summed E-state index contributed by atoms with van der Waals surface area (Å²) in [4.78, 5) is 5.75. The van der Waals surface area contributed by atoms with Gasteiger partial charge in [-0.2, -0.15) is 13.2 Å². The number of fused-ring (bicyclic) bond motifs is 1. The molecule has 2 aromatic carbocycles. The van der Waals surface area contributed by atoms with Crippen molar-refractivity contribution in [2.24, 2.45) is 0 Å². The van der Waals surface area contributed by atoms with Gasteiger partial charge in [-0.3, -0.25) is 0 Å². The summed E-state index contributed by atoms with van der Waals surface area (Å²) in [5.41, 5.74) is 1.40. The van der Waals surface area contributed by atoms with Crippen molar-refractivity contribution in [3.8, 4) is 11.1 Å². The van der Waals surface area contributed by atoms with Crippen molar-refractivity contribution in [1.82, 2.24) is 9.97 Å². The molecular weight excluding hydrogens is 360 g/mol. The number of benzene rings is 2. The van der Waals surface area contributed by atoms with Crippen molar-refractivity contribution < 1.29 is 13.2 Å². The quantitative estimate of drug-likeness (QED) is 0.546. The Morgan fingerprint density at radius 1 is 0.909 bits per heavy atom. The number of nitrogens with one attached hydrogen (secondary N) is 1. The molecule has 1 aromatic heterocycles.